The first-order chi connectivity index (χ1) is 13.0. The van der Waals surface area contributed by atoms with Gasteiger partial charge in [0.1, 0.15) is 17.3 Å². The Labute approximate surface area is 164 Å². The van der Waals surface area contributed by atoms with Crippen LogP contribution in [0, 0.1) is 6.92 Å². The molecule has 0 aliphatic heterocycles. The zero-order chi connectivity index (χ0) is 19.4. The van der Waals surface area contributed by atoms with Gasteiger partial charge in [0.25, 0.3) is 11.1 Å². The van der Waals surface area contributed by atoms with Gasteiger partial charge in [-0.1, -0.05) is 23.4 Å². The highest BCUT2D eigenvalue weighted by molar-refractivity contribution is 7.99. The number of amides is 1. The average molecular weight is 410 g/mol. The van der Waals surface area contributed by atoms with Gasteiger partial charge in [-0.2, -0.15) is 0 Å². The van der Waals surface area contributed by atoms with E-state index >= 15 is 0 Å². The van der Waals surface area contributed by atoms with E-state index in [0.717, 1.165) is 17.3 Å². The number of halogens is 1. The lowest BCUT2D eigenvalue weighted by Gasteiger charge is -2.12. The summed E-state index contributed by atoms with van der Waals surface area (Å²) in [6.07, 6.45) is 1.54. The van der Waals surface area contributed by atoms with Gasteiger partial charge in [0.15, 0.2) is 0 Å². The van der Waals surface area contributed by atoms with Gasteiger partial charge in [-0.05, 0) is 19.1 Å². The third kappa shape index (κ3) is 4.37. The second-order valence-corrected chi connectivity index (χ2v) is 6.62. The third-order valence-electron chi connectivity index (χ3n) is 3.57. The topological polar surface area (TPSA) is 99.6 Å². The van der Waals surface area contributed by atoms with Crippen molar-refractivity contribution in [3.05, 3.63) is 35.2 Å². The van der Waals surface area contributed by atoms with Crippen LogP contribution in [0.15, 0.2) is 38.5 Å². The van der Waals surface area contributed by atoms with E-state index in [1.807, 2.05) is 0 Å². The molecule has 2 aromatic heterocycles. The summed E-state index contributed by atoms with van der Waals surface area (Å²) < 4.78 is 21.1. The van der Waals surface area contributed by atoms with Crippen LogP contribution in [0.25, 0.3) is 11.5 Å². The lowest BCUT2D eigenvalue weighted by molar-refractivity contribution is -0.113. The minimum atomic E-state index is -0.279. The number of thioether (sulfide) groups is 1. The van der Waals surface area contributed by atoms with Crippen molar-refractivity contribution in [2.75, 3.05) is 25.3 Å². The van der Waals surface area contributed by atoms with Crippen molar-refractivity contribution in [2.45, 2.75) is 12.1 Å². The monoisotopic (exact) mass is 409 g/mol. The Balaban J connectivity index is 1.63. The van der Waals surface area contributed by atoms with E-state index in [9.17, 15) is 4.79 Å². The molecular weight excluding hydrogens is 394 g/mol. The van der Waals surface area contributed by atoms with Crippen LogP contribution in [0.5, 0.6) is 11.5 Å². The van der Waals surface area contributed by atoms with Gasteiger partial charge in [0.2, 0.25) is 5.91 Å². The summed E-state index contributed by atoms with van der Waals surface area (Å²) in [5.74, 6) is 1.70. The van der Waals surface area contributed by atoms with Crippen LogP contribution in [-0.2, 0) is 4.79 Å². The van der Waals surface area contributed by atoms with E-state index in [2.05, 4.69) is 15.5 Å². The number of nitrogens with one attached hydrogen (secondary N) is 1. The molecule has 3 rings (SSSR count). The maximum Gasteiger partial charge on any atom is 0.277 e. The van der Waals surface area contributed by atoms with Gasteiger partial charge in [-0.25, -0.2) is 0 Å². The summed E-state index contributed by atoms with van der Waals surface area (Å²) >= 11 is 7.22. The Morgan fingerprint density at radius 2 is 2.04 bits per heavy atom. The first kappa shape index (κ1) is 19.1. The van der Waals surface area contributed by atoms with E-state index in [0.29, 0.717) is 33.9 Å². The molecule has 0 aliphatic carbocycles. The number of carbonyl (C=O) groups is 1. The van der Waals surface area contributed by atoms with Crippen molar-refractivity contribution < 1.29 is 23.1 Å². The van der Waals surface area contributed by atoms with Gasteiger partial charge in [0.05, 0.1) is 42.5 Å². The summed E-state index contributed by atoms with van der Waals surface area (Å²) in [5, 5.41) is 11.3. The van der Waals surface area contributed by atoms with Crippen molar-refractivity contribution in [1.29, 1.82) is 0 Å². The van der Waals surface area contributed by atoms with Crippen molar-refractivity contribution in [3.63, 3.8) is 0 Å². The Morgan fingerprint density at radius 1 is 1.26 bits per heavy atom. The molecule has 3 aromatic rings. The average Bonchev–Trinajstić information content (AvgIpc) is 3.28. The summed E-state index contributed by atoms with van der Waals surface area (Å²) in [6.45, 7) is 1.80. The summed E-state index contributed by atoms with van der Waals surface area (Å²) in [7, 11) is 2.99. The number of aryl methyl sites for hydroxylation is 1. The second kappa shape index (κ2) is 8.36. The molecule has 0 saturated carbocycles. The molecule has 0 spiro atoms. The number of rotatable bonds is 7. The highest BCUT2D eigenvalue weighted by atomic mass is 35.5. The van der Waals surface area contributed by atoms with Crippen molar-refractivity contribution in [1.82, 2.24) is 10.2 Å². The number of hydrogen-bond donors (Lipinski definition) is 1. The molecule has 0 saturated heterocycles. The van der Waals surface area contributed by atoms with Gasteiger partial charge in [-0.15, -0.1) is 10.2 Å². The Morgan fingerprint density at radius 3 is 2.70 bits per heavy atom. The molecule has 2 heterocycles. The SMILES string of the molecule is COc1cc(OC)c(NC(=O)CSc2nnc(-c3ccoc3C)o2)cc1Cl. The summed E-state index contributed by atoms with van der Waals surface area (Å²) in [6, 6.07) is 4.90. The second-order valence-electron chi connectivity index (χ2n) is 5.29. The van der Waals surface area contributed by atoms with Crippen molar-refractivity contribution in [3.8, 4) is 23.0 Å². The number of aromatic nitrogens is 2. The van der Waals surface area contributed by atoms with E-state index in [-0.39, 0.29) is 16.9 Å². The molecule has 10 heteroatoms. The van der Waals surface area contributed by atoms with Crippen molar-refractivity contribution in [2.24, 2.45) is 0 Å². The molecule has 0 radical (unpaired) electrons. The van der Waals surface area contributed by atoms with E-state index < -0.39 is 0 Å². The molecule has 142 valence electrons. The van der Waals surface area contributed by atoms with E-state index in [1.165, 1.54) is 14.2 Å². The maximum absolute atomic E-state index is 12.2. The third-order valence-corrected chi connectivity index (χ3v) is 4.68. The quantitative estimate of drug-likeness (QED) is 0.583. The van der Waals surface area contributed by atoms with Gasteiger partial charge < -0.3 is 23.6 Å². The van der Waals surface area contributed by atoms with E-state index in [1.54, 1.807) is 31.4 Å². The van der Waals surface area contributed by atoms with Gasteiger partial charge >= 0.3 is 0 Å². The number of carbonyl (C=O) groups excluding carboxylic acids is 1. The molecule has 0 unspecified atom stereocenters. The molecule has 1 N–H and O–H groups in total. The van der Waals surface area contributed by atoms with Crippen LogP contribution in [-0.4, -0.2) is 36.1 Å². The molecule has 0 atom stereocenters. The number of furan rings is 1. The molecule has 0 bridgehead atoms. The lowest BCUT2D eigenvalue weighted by atomic mass is 10.2. The van der Waals surface area contributed by atoms with Crippen LogP contribution < -0.4 is 14.8 Å². The Kier molecular flexibility index (Phi) is 5.92. The minimum Gasteiger partial charge on any atom is -0.495 e. The first-order valence-electron chi connectivity index (χ1n) is 7.74. The molecular formula is C17H16ClN3O5S. The number of nitrogens with zero attached hydrogens (tertiary/aromatic N) is 2. The molecule has 1 amide bonds. The number of hydrogen-bond acceptors (Lipinski definition) is 8. The van der Waals surface area contributed by atoms with Crippen LogP contribution >= 0.6 is 23.4 Å². The smallest absolute Gasteiger partial charge is 0.277 e. The molecule has 8 nitrogen and oxygen atoms in total. The van der Waals surface area contributed by atoms with Crippen LogP contribution in [0.1, 0.15) is 5.76 Å². The largest absolute Gasteiger partial charge is 0.495 e. The molecule has 0 aliphatic rings. The molecule has 1 aromatic carbocycles. The fraction of sp³-hybridized carbons (Fsp3) is 0.235. The highest BCUT2D eigenvalue weighted by Gasteiger charge is 2.16. The van der Waals surface area contributed by atoms with Crippen LogP contribution in [0.4, 0.5) is 5.69 Å². The van der Waals surface area contributed by atoms with Crippen LogP contribution in [0.2, 0.25) is 5.02 Å². The Hall–Kier alpha value is -2.65. The minimum absolute atomic E-state index is 0.0683. The molecule has 27 heavy (non-hydrogen) atoms. The van der Waals surface area contributed by atoms with Crippen LogP contribution in [0.3, 0.4) is 0 Å². The molecule has 0 fully saturated rings. The Bertz CT molecular complexity index is 956. The number of ether oxygens (including phenoxy) is 2. The fourth-order valence-corrected chi connectivity index (χ4v) is 3.06. The van der Waals surface area contributed by atoms with Gasteiger partial charge in [-0.3, -0.25) is 4.79 Å². The number of methoxy groups -OCH3 is 2. The normalized spacial score (nSPS) is 10.7. The van der Waals surface area contributed by atoms with Crippen molar-refractivity contribution >= 4 is 35.0 Å². The lowest BCUT2D eigenvalue weighted by Crippen LogP contribution is -2.14. The van der Waals surface area contributed by atoms with Gasteiger partial charge in [0, 0.05) is 6.07 Å². The standard InChI is InChI=1S/C17H16ClN3O5S/c1-9-10(4-5-25-9)16-20-21-17(26-16)27-8-15(22)19-12-6-11(18)13(23-2)7-14(12)24-3/h4-7H,8H2,1-3H3,(H,19,22). The fourth-order valence-electron chi connectivity index (χ4n) is 2.26. The van der Waals surface area contributed by atoms with E-state index in [4.69, 9.17) is 29.9 Å². The predicted molar refractivity (Wildman–Crippen MR) is 101 cm³/mol. The zero-order valence-electron chi connectivity index (χ0n) is 14.7. The zero-order valence-corrected chi connectivity index (χ0v) is 16.3. The number of benzene rings is 1. The highest BCUT2D eigenvalue weighted by Crippen LogP contribution is 2.36. The number of anilines is 1. The maximum atomic E-state index is 12.2. The summed E-state index contributed by atoms with van der Waals surface area (Å²) in [5.41, 5.74) is 1.16. The predicted octanol–water partition coefficient (Wildman–Crippen LogP) is 4.04. The summed E-state index contributed by atoms with van der Waals surface area (Å²) in [4.78, 5) is 12.2. The first-order valence-corrected chi connectivity index (χ1v) is 9.10.